The van der Waals surface area contributed by atoms with Gasteiger partial charge in [-0.2, -0.15) is 0 Å². The van der Waals surface area contributed by atoms with E-state index in [0.29, 0.717) is 6.10 Å². The third kappa shape index (κ3) is 8.62. The molecule has 0 saturated carbocycles. The lowest BCUT2D eigenvalue weighted by molar-refractivity contribution is 0.0812. The van der Waals surface area contributed by atoms with Crippen molar-refractivity contribution in [1.82, 2.24) is 0 Å². The van der Waals surface area contributed by atoms with Crippen LogP contribution in [-0.2, 0) is 9.47 Å². The lowest BCUT2D eigenvalue weighted by atomic mass is 9.99. The van der Waals surface area contributed by atoms with Crippen LogP contribution in [0.2, 0.25) is 0 Å². The second kappa shape index (κ2) is 9.90. The molecule has 1 heterocycles. The highest BCUT2D eigenvalue weighted by molar-refractivity contribution is 4.68. The van der Waals surface area contributed by atoms with Gasteiger partial charge in [-0.25, -0.2) is 0 Å². The number of unbranched alkanes of at least 4 members (excludes halogenated alkanes) is 5. The quantitative estimate of drug-likeness (QED) is 0.378. The van der Waals surface area contributed by atoms with E-state index in [1.807, 2.05) is 0 Å². The van der Waals surface area contributed by atoms with Crippen molar-refractivity contribution in [1.29, 1.82) is 0 Å². The fourth-order valence-corrected chi connectivity index (χ4v) is 2.15. The van der Waals surface area contributed by atoms with E-state index in [2.05, 4.69) is 13.8 Å². The lowest BCUT2D eigenvalue weighted by Crippen LogP contribution is -2.12. The third-order valence-corrected chi connectivity index (χ3v) is 3.60. The molecular weight excluding hydrogens is 212 g/mol. The Balaban J connectivity index is 1.86. The summed E-state index contributed by atoms with van der Waals surface area (Å²) in [6.45, 7) is 7.21. The molecule has 1 aliphatic rings. The number of hydrogen-bond donors (Lipinski definition) is 0. The van der Waals surface area contributed by atoms with Crippen LogP contribution in [0.25, 0.3) is 0 Å². The minimum atomic E-state index is 0.418. The predicted octanol–water partition coefficient (Wildman–Crippen LogP) is 4.18. The fourth-order valence-electron chi connectivity index (χ4n) is 2.15. The van der Waals surface area contributed by atoms with E-state index < -0.39 is 0 Å². The molecule has 0 aromatic carbocycles. The first-order valence-corrected chi connectivity index (χ1v) is 7.56. The second-order valence-corrected chi connectivity index (χ2v) is 5.32. The van der Waals surface area contributed by atoms with Crippen LogP contribution in [0.3, 0.4) is 0 Å². The van der Waals surface area contributed by atoms with Gasteiger partial charge in [0.15, 0.2) is 0 Å². The summed E-state index contributed by atoms with van der Waals surface area (Å²) in [5.41, 5.74) is 0. The molecule has 1 saturated heterocycles. The van der Waals surface area contributed by atoms with Crippen molar-refractivity contribution in [3.8, 4) is 0 Å². The SMILES string of the molecule is CCCCCCCCC(CC)COCC1CO1. The van der Waals surface area contributed by atoms with Crippen molar-refractivity contribution in [3.63, 3.8) is 0 Å². The molecule has 0 spiro atoms. The number of ether oxygens (including phenoxy) is 2. The predicted molar refractivity (Wildman–Crippen MR) is 72.3 cm³/mol. The van der Waals surface area contributed by atoms with Gasteiger partial charge in [-0.3, -0.25) is 0 Å². The molecule has 0 aliphatic carbocycles. The van der Waals surface area contributed by atoms with E-state index >= 15 is 0 Å². The van der Waals surface area contributed by atoms with E-state index in [1.54, 1.807) is 0 Å². The summed E-state index contributed by atoms with van der Waals surface area (Å²) in [7, 11) is 0. The third-order valence-electron chi connectivity index (χ3n) is 3.60. The highest BCUT2D eigenvalue weighted by Gasteiger charge is 2.22. The Morgan fingerprint density at radius 2 is 1.82 bits per heavy atom. The van der Waals surface area contributed by atoms with Crippen LogP contribution in [0.5, 0.6) is 0 Å². The van der Waals surface area contributed by atoms with Gasteiger partial charge in [0.1, 0.15) is 6.10 Å². The monoisotopic (exact) mass is 242 g/mol. The van der Waals surface area contributed by atoms with Crippen LogP contribution in [0.15, 0.2) is 0 Å². The average Bonchev–Trinajstić information content (AvgIpc) is 3.15. The standard InChI is InChI=1S/C15H30O2/c1-3-5-6-7-8-9-10-14(4-2)11-16-12-15-13-17-15/h14-15H,3-13H2,1-2H3. The van der Waals surface area contributed by atoms with E-state index in [0.717, 1.165) is 25.7 Å². The van der Waals surface area contributed by atoms with Crippen molar-refractivity contribution in [2.75, 3.05) is 19.8 Å². The van der Waals surface area contributed by atoms with E-state index in [-0.39, 0.29) is 0 Å². The molecule has 0 N–H and O–H groups in total. The van der Waals surface area contributed by atoms with Crippen LogP contribution >= 0.6 is 0 Å². The molecule has 0 radical (unpaired) electrons. The topological polar surface area (TPSA) is 21.8 Å². The summed E-state index contributed by atoms with van der Waals surface area (Å²) in [5.74, 6) is 0.764. The van der Waals surface area contributed by atoms with E-state index in [9.17, 15) is 0 Å². The van der Waals surface area contributed by atoms with Crippen LogP contribution in [0.4, 0.5) is 0 Å². The first-order chi connectivity index (χ1) is 8.36. The zero-order valence-corrected chi connectivity index (χ0v) is 11.7. The molecule has 0 aromatic heterocycles. The zero-order valence-electron chi connectivity index (χ0n) is 11.7. The molecule has 102 valence electrons. The van der Waals surface area contributed by atoms with E-state index in [1.165, 1.54) is 51.4 Å². The van der Waals surface area contributed by atoms with Crippen LogP contribution < -0.4 is 0 Å². The molecule has 2 unspecified atom stereocenters. The highest BCUT2D eigenvalue weighted by atomic mass is 16.6. The summed E-state index contributed by atoms with van der Waals surface area (Å²) in [6.07, 6.45) is 11.4. The van der Waals surface area contributed by atoms with Gasteiger partial charge in [0.25, 0.3) is 0 Å². The van der Waals surface area contributed by atoms with Crippen molar-refractivity contribution < 1.29 is 9.47 Å². The lowest BCUT2D eigenvalue weighted by Gasteiger charge is -2.14. The van der Waals surface area contributed by atoms with Gasteiger partial charge >= 0.3 is 0 Å². The molecular formula is C15H30O2. The minimum Gasteiger partial charge on any atom is -0.378 e. The van der Waals surface area contributed by atoms with E-state index in [4.69, 9.17) is 9.47 Å². The maximum Gasteiger partial charge on any atom is 0.104 e. The zero-order chi connectivity index (χ0) is 12.3. The molecule has 0 bridgehead atoms. The first kappa shape index (κ1) is 15.0. The van der Waals surface area contributed by atoms with Crippen LogP contribution in [-0.4, -0.2) is 25.9 Å². The Morgan fingerprint density at radius 1 is 1.12 bits per heavy atom. The molecule has 17 heavy (non-hydrogen) atoms. The Kier molecular flexibility index (Phi) is 8.72. The summed E-state index contributed by atoms with van der Waals surface area (Å²) in [5, 5.41) is 0. The molecule has 1 aliphatic heterocycles. The molecule has 0 aromatic rings. The highest BCUT2D eigenvalue weighted by Crippen LogP contribution is 2.16. The Hall–Kier alpha value is -0.0800. The Labute approximate surface area is 107 Å². The van der Waals surface area contributed by atoms with Gasteiger partial charge in [-0.1, -0.05) is 58.8 Å². The van der Waals surface area contributed by atoms with Crippen LogP contribution in [0, 0.1) is 5.92 Å². The largest absolute Gasteiger partial charge is 0.378 e. The summed E-state index contributed by atoms with van der Waals surface area (Å²) in [4.78, 5) is 0. The second-order valence-electron chi connectivity index (χ2n) is 5.32. The van der Waals surface area contributed by atoms with Crippen LogP contribution in [0.1, 0.15) is 65.2 Å². The van der Waals surface area contributed by atoms with Crippen molar-refractivity contribution in [2.24, 2.45) is 5.92 Å². The Morgan fingerprint density at radius 3 is 2.47 bits per heavy atom. The summed E-state index contributed by atoms with van der Waals surface area (Å²) < 4.78 is 10.8. The normalized spacial score (nSPS) is 20.5. The Bertz CT molecular complexity index is 166. The molecule has 2 nitrogen and oxygen atoms in total. The van der Waals surface area contributed by atoms with Gasteiger partial charge in [0.2, 0.25) is 0 Å². The number of epoxide rings is 1. The van der Waals surface area contributed by atoms with Gasteiger partial charge in [-0.05, 0) is 12.3 Å². The summed E-state index contributed by atoms with van der Waals surface area (Å²) >= 11 is 0. The fraction of sp³-hybridized carbons (Fsp3) is 1.00. The van der Waals surface area contributed by atoms with Gasteiger partial charge in [0, 0.05) is 6.61 Å². The minimum absolute atomic E-state index is 0.418. The maximum atomic E-state index is 5.68. The van der Waals surface area contributed by atoms with Gasteiger partial charge in [-0.15, -0.1) is 0 Å². The first-order valence-electron chi connectivity index (χ1n) is 7.56. The molecule has 2 heteroatoms. The van der Waals surface area contributed by atoms with Crippen molar-refractivity contribution in [3.05, 3.63) is 0 Å². The summed E-state index contributed by atoms with van der Waals surface area (Å²) in [6, 6.07) is 0. The maximum absolute atomic E-state index is 5.68. The van der Waals surface area contributed by atoms with Gasteiger partial charge in [0.05, 0.1) is 13.2 Å². The van der Waals surface area contributed by atoms with Gasteiger partial charge < -0.3 is 9.47 Å². The average molecular weight is 242 g/mol. The molecule has 1 fully saturated rings. The number of hydrogen-bond acceptors (Lipinski definition) is 2. The molecule has 2 atom stereocenters. The smallest absolute Gasteiger partial charge is 0.104 e. The van der Waals surface area contributed by atoms with Crippen molar-refractivity contribution >= 4 is 0 Å². The molecule has 1 rings (SSSR count). The molecule has 0 amide bonds. The van der Waals surface area contributed by atoms with Crippen molar-refractivity contribution in [2.45, 2.75) is 71.3 Å². The number of rotatable bonds is 12.